The van der Waals surface area contributed by atoms with Crippen LogP contribution >= 0.6 is 0 Å². The maximum absolute atomic E-state index is 13.2. The van der Waals surface area contributed by atoms with Crippen LogP contribution in [-0.2, 0) is 22.6 Å². The summed E-state index contributed by atoms with van der Waals surface area (Å²) in [7, 11) is 0. The highest BCUT2D eigenvalue weighted by Gasteiger charge is 2.31. The van der Waals surface area contributed by atoms with Crippen molar-refractivity contribution in [1.82, 2.24) is 29.8 Å². The molecule has 32 heavy (non-hydrogen) atoms. The lowest BCUT2D eigenvalue weighted by molar-refractivity contribution is -0.157. The van der Waals surface area contributed by atoms with E-state index in [0.29, 0.717) is 13.1 Å². The number of nitrogens with one attached hydrogen (secondary N) is 1. The fourth-order valence-electron chi connectivity index (χ4n) is 4.28. The summed E-state index contributed by atoms with van der Waals surface area (Å²) in [6, 6.07) is 13.6. The number of hydrazine groups is 1. The Balaban J connectivity index is 1.29. The summed E-state index contributed by atoms with van der Waals surface area (Å²) in [6.45, 7) is 3.15. The van der Waals surface area contributed by atoms with Crippen LogP contribution in [0.1, 0.15) is 17.7 Å². The summed E-state index contributed by atoms with van der Waals surface area (Å²) in [5.74, 6) is -0.211. The Bertz CT molecular complexity index is 1280. The zero-order chi connectivity index (χ0) is 22.1. The van der Waals surface area contributed by atoms with E-state index in [9.17, 15) is 9.59 Å². The number of carbonyl (C=O) groups is 2. The second-order valence-corrected chi connectivity index (χ2v) is 7.97. The van der Waals surface area contributed by atoms with Crippen LogP contribution in [0.2, 0.25) is 0 Å². The van der Waals surface area contributed by atoms with Gasteiger partial charge in [0.05, 0.1) is 12.1 Å². The SMILES string of the molecule is Cc1[nH]c2ccccc2c1CC(=O)N1CCCN1C(=O)Cn1ccc(-c2ccncc2)n1. The van der Waals surface area contributed by atoms with Gasteiger partial charge in [-0.05, 0) is 43.2 Å². The van der Waals surface area contributed by atoms with Crippen LogP contribution in [-0.4, -0.2) is 54.7 Å². The lowest BCUT2D eigenvalue weighted by Gasteiger charge is -2.28. The number of fused-ring (bicyclic) bond motifs is 1. The van der Waals surface area contributed by atoms with Crippen molar-refractivity contribution in [2.24, 2.45) is 0 Å². The summed E-state index contributed by atoms with van der Waals surface area (Å²) in [5, 5.41) is 8.72. The molecule has 3 aromatic heterocycles. The van der Waals surface area contributed by atoms with E-state index in [-0.39, 0.29) is 24.8 Å². The van der Waals surface area contributed by atoms with E-state index in [1.807, 2.05) is 49.4 Å². The molecule has 0 spiro atoms. The average Bonchev–Trinajstić information content (AvgIpc) is 3.54. The Morgan fingerprint density at radius 3 is 2.56 bits per heavy atom. The van der Waals surface area contributed by atoms with Gasteiger partial charge < -0.3 is 4.98 Å². The van der Waals surface area contributed by atoms with E-state index in [0.717, 1.165) is 39.8 Å². The Kier molecular flexibility index (Phi) is 5.18. The van der Waals surface area contributed by atoms with Gasteiger partial charge in [-0.1, -0.05) is 18.2 Å². The lowest BCUT2D eigenvalue weighted by atomic mass is 10.1. The molecule has 0 atom stereocenters. The van der Waals surface area contributed by atoms with E-state index in [1.54, 1.807) is 33.3 Å². The standard InChI is InChI=1S/C24H24N6O2/c1-17-20(19-5-2-3-6-22(19)26-17)15-23(31)29-12-4-13-30(29)24(32)16-28-14-9-21(27-28)18-7-10-25-11-8-18/h2-3,5-11,14,26H,4,12-13,15-16H2,1H3. The van der Waals surface area contributed by atoms with Gasteiger partial charge in [0.25, 0.3) is 5.91 Å². The molecule has 0 aliphatic carbocycles. The normalized spacial score (nSPS) is 13.8. The Morgan fingerprint density at radius 1 is 1.00 bits per heavy atom. The molecule has 162 valence electrons. The molecule has 1 saturated heterocycles. The van der Waals surface area contributed by atoms with Crippen molar-refractivity contribution in [3.63, 3.8) is 0 Å². The number of para-hydroxylation sites is 1. The van der Waals surface area contributed by atoms with Crippen LogP contribution in [0.5, 0.6) is 0 Å². The first-order chi connectivity index (χ1) is 15.6. The van der Waals surface area contributed by atoms with Crippen molar-refractivity contribution in [2.75, 3.05) is 13.1 Å². The van der Waals surface area contributed by atoms with Crippen molar-refractivity contribution < 1.29 is 9.59 Å². The highest BCUT2D eigenvalue weighted by Crippen LogP contribution is 2.24. The minimum atomic E-state index is -0.143. The zero-order valence-corrected chi connectivity index (χ0v) is 17.9. The molecular weight excluding hydrogens is 404 g/mol. The summed E-state index contributed by atoms with van der Waals surface area (Å²) in [5.41, 5.74) is 4.71. The zero-order valence-electron chi connectivity index (χ0n) is 17.9. The summed E-state index contributed by atoms with van der Waals surface area (Å²) in [6.07, 6.45) is 6.23. The average molecular weight is 428 g/mol. The molecule has 1 aromatic carbocycles. The molecular formula is C24H24N6O2. The number of rotatable bonds is 5. The molecule has 1 aliphatic rings. The van der Waals surface area contributed by atoms with Crippen molar-refractivity contribution in [2.45, 2.75) is 26.3 Å². The minimum Gasteiger partial charge on any atom is -0.358 e. The topological polar surface area (TPSA) is 87.1 Å². The summed E-state index contributed by atoms with van der Waals surface area (Å²) < 4.78 is 1.61. The lowest BCUT2D eigenvalue weighted by Crippen LogP contribution is -2.46. The molecule has 0 bridgehead atoms. The van der Waals surface area contributed by atoms with Crippen molar-refractivity contribution in [3.8, 4) is 11.3 Å². The van der Waals surface area contributed by atoms with Gasteiger partial charge in [-0.15, -0.1) is 0 Å². The molecule has 1 fully saturated rings. The molecule has 1 N–H and O–H groups in total. The first kappa shape index (κ1) is 20.0. The molecule has 0 radical (unpaired) electrons. The predicted molar refractivity (Wildman–Crippen MR) is 120 cm³/mol. The third-order valence-corrected chi connectivity index (χ3v) is 5.88. The number of aromatic nitrogens is 4. The number of pyridine rings is 1. The number of H-pyrrole nitrogens is 1. The molecule has 0 saturated carbocycles. The maximum Gasteiger partial charge on any atom is 0.262 e. The van der Waals surface area contributed by atoms with E-state index in [2.05, 4.69) is 15.1 Å². The Labute approximate surface area is 185 Å². The number of aromatic amines is 1. The highest BCUT2D eigenvalue weighted by molar-refractivity contribution is 5.91. The third kappa shape index (κ3) is 3.75. The van der Waals surface area contributed by atoms with E-state index < -0.39 is 0 Å². The Morgan fingerprint density at radius 2 is 1.75 bits per heavy atom. The van der Waals surface area contributed by atoms with E-state index in [1.165, 1.54) is 0 Å². The fourth-order valence-corrected chi connectivity index (χ4v) is 4.28. The molecule has 8 nitrogen and oxygen atoms in total. The van der Waals surface area contributed by atoms with Gasteiger partial charge in [-0.2, -0.15) is 5.10 Å². The summed E-state index contributed by atoms with van der Waals surface area (Å²) in [4.78, 5) is 33.5. The number of hydrogen-bond acceptors (Lipinski definition) is 4. The highest BCUT2D eigenvalue weighted by atomic mass is 16.2. The molecule has 8 heteroatoms. The van der Waals surface area contributed by atoms with E-state index >= 15 is 0 Å². The molecule has 2 amide bonds. The van der Waals surface area contributed by atoms with Gasteiger partial charge >= 0.3 is 0 Å². The van der Waals surface area contributed by atoms with Gasteiger partial charge in [0, 0.05) is 53.8 Å². The van der Waals surface area contributed by atoms with Crippen molar-refractivity contribution in [3.05, 3.63) is 72.3 Å². The first-order valence-electron chi connectivity index (χ1n) is 10.7. The number of hydrogen-bond donors (Lipinski definition) is 1. The largest absolute Gasteiger partial charge is 0.358 e. The molecule has 1 aliphatic heterocycles. The number of amides is 2. The number of aryl methyl sites for hydroxylation is 1. The third-order valence-electron chi connectivity index (χ3n) is 5.88. The van der Waals surface area contributed by atoms with Crippen LogP contribution in [0, 0.1) is 6.92 Å². The number of nitrogens with zero attached hydrogens (tertiary/aromatic N) is 5. The van der Waals surface area contributed by atoms with Crippen LogP contribution in [0.15, 0.2) is 61.1 Å². The minimum absolute atomic E-state index is 0.0679. The van der Waals surface area contributed by atoms with Crippen molar-refractivity contribution >= 4 is 22.7 Å². The van der Waals surface area contributed by atoms with Gasteiger partial charge in [-0.3, -0.25) is 24.3 Å². The molecule has 5 rings (SSSR count). The smallest absolute Gasteiger partial charge is 0.262 e. The number of benzene rings is 1. The fraction of sp³-hybridized carbons (Fsp3) is 0.250. The Hall–Kier alpha value is -3.94. The van der Waals surface area contributed by atoms with Gasteiger partial charge in [-0.25, -0.2) is 5.01 Å². The first-order valence-corrected chi connectivity index (χ1v) is 10.7. The summed E-state index contributed by atoms with van der Waals surface area (Å²) >= 11 is 0. The van der Waals surface area contributed by atoms with Crippen LogP contribution in [0.3, 0.4) is 0 Å². The second kappa shape index (κ2) is 8.30. The van der Waals surface area contributed by atoms with Crippen molar-refractivity contribution in [1.29, 1.82) is 0 Å². The van der Waals surface area contributed by atoms with E-state index in [4.69, 9.17) is 0 Å². The maximum atomic E-state index is 13.2. The van der Waals surface area contributed by atoms with Gasteiger partial charge in [0.1, 0.15) is 6.54 Å². The second-order valence-electron chi connectivity index (χ2n) is 7.97. The molecule has 4 aromatic rings. The van der Waals surface area contributed by atoms with Crippen LogP contribution in [0.25, 0.3) is 22.2 Å². The number of carbonyl (C=O) groups excluding carboxylic acids is 2. The van der Waals surface area contributed by atoms with Gasteiger partial charge in [0.2, 0.25) is 5.91 Å². The van der Waals surface area contributed by atoms with Gasteiger partial charge in [0.15, 0.2) is 0 Å². The molecule has 4 heterocycles. The van der Waals surface area contributed by atoms with Crippen LogP contribution in [0.4, 0.5) is 0 Å². The monoisotopic (exact) mass is 428 g/mol. The predicted octanol–water partition coefficient (Wildman–Crippen LogP) is 2.95. The quantitative estimate of drug-likeness (QED) is 0.529. The molecule has 0 unspecified atom stereocenters. The van der Waals surface area contributed by atoms with Crippen LogP contribution < -0.4 is 0 Å².